The monoisotopic (exact) mass is 406 g/mol. The van der Waals surface area contributed by atoms with E-state index in [1.54, 1.807) is 12.1 Å². The van der Waals surface area contributed by atoms with Gasteiger partial charge in [0.15, 0.2) is 0 Å². The highest BCUT2D eigenvalue weighted by atomic mass is 19.1. The molecule has 1 spiro atoms. The molecule has 0 bridgehead atoms. The number of nitrogens with one attached hydrogen (secondary N) is 1. The number of carboxylic acids is 2. The van der Waals surface area contributed by atoms with E-state index in [4.69, 9.17) is 10.2 Å². The van der Waals surface area contributed by atoms with Gasteiger partial charge in [0, 0.05) is 35.8 Å². The number of aliphatic carboxylic acids is 2. The third kappa shape index (κ3) is 6.12. The first-order valence-electron chi connectivity index (χ1n) is 9.66. The van der Waals surface area contributed by atoms with Crippen LogP contribution in [0.5, 0.6) is 0 Å². The first-order chi connectivity index (χ1) is 13.7. The molecule has 2 fully saturated rings. The number of amides is 1. The second kappa shape index (κ2) is 10.2. The van der Waals surface area contributed by atoms with E-state index in [2.05, 4.69) is 17.3 Å². The Morgan fingerprint density at radius 3 is 2.14 bits per heavy atom. The lowest BCUT2D eigenvalue weighted by molar-refractivity contribution is -0.134. The zero-order valence-electron chi connectivity index (χ0n) is 16.4. The van der Waals surface area contributed by atoms with Gasteiger partial charge in [-0.15, -0.1) is 0 Å². The summed E-state index contributed by atoms with van der Waals surface area (Å²) in [5.74, 6) is -2.91. The van der Waals surface area contributed by atoms with Gasteiger partial charge in [-0.05, 0) is 50.6 Å². The van der Waals surface area contributed by atoms with Crippen molar-refractivity contribution in [3.8, 4) is 0 Å². The minimum absolute atomic E-state index is 0.0831. The number of benzene rings is 1. The van der Waals surface area contributed by atoms with Crippen LogP contribution in [-0.2, 0) is 9.59 Å². The van der Waals surface area contributed by atoms with E-state index < -0.39 is 11.9 Å². The van der Waals surface area contributed by atoms with Gasteiger partial charge in [-0.25, -0.2) is 14.0 Å². The van der Waals surface area contributed by atoms with Crippen LogP contribution in [0.15, 0.2) is 36.4 Å². The molecule has 1 saturated heterocycles. The largest absolute Gasteiger partial charge is 0.478 e. The van der Waals surface area contributed by atoms with E-state index in [1.807, 2.05) is 0 Å². The predicted octanol–water partition coefficient (Wildman–Crippen LogP) is 2.67. The number of hydrogen-bond acceptors (Lipinski definition) is 4. The average molecular weight is 406 g/mol. The second-order valence-electron chi connectivity index (χ2n) is 7.42. The van der Waals surface area contributed by atoms with E-state index in [0.717, 1.165) is 25.8 Å². The molecule has 1 saturated carbocycles. The van der Waals surface area contributed by atoms with Gasteiger partial charge in [-0.1, -0.05) is 19.3 Å². The normalized spacial score (nSPS) is 20.8. The van der Waals surface area contributed by atoms with Crippen molar-refractivity contribution in [1.29, 1.82) is 0 Å². The quantitative estimate of drug-likeness (QED) is 0.664. The molecule has 8 heteroatoms. The SMILES string of the molecule is CN1CCC(NC(=O)c2ccc(F)cc2)C12CCCCC2.O=C(O)/C=C/C(=O)O. The molecule has 1 aromatic carbocycles. The first-order valence-corrected chi connectivity index (χ1v) is 9.66. The fraction of sp³-hybridized carbons (Fsp3) is 0.476. The summed E-state index contributed by atoms with van der Waals surface area (Å²) < 4.78 is 13.0. The van der Waals surface area contributed by atoms with Crippen LogP contribution >= 0.6 is 0 Å². The summed E-state index contributed by atoms with van der Waals surface area (Å²) in [7, 11) is 2.18. The fourth-order valence-corrected chi connectivity index (χ4v) is 4.17. The minimum atomic E-state index is -1.26. The number of rotatable bonds is 4. The van der Waals surface area contributed by atoms with Crippen molar-refractivity contribution < 1.29 is 29.0 Å². The molecule has 1 aliphatic carbocycles. The Hall–Kier alpha value is -2.74. The van der Waals surface area contributed by atoms with E-state index in [-0.39, 0.29) is 23.3 Å². The average Bonchev–Trinajstić information content (AvgIpc) is 2.97. The molecule has 158 valence electrons. The topological polar surface area (TPSA) is 107 Å². The van der Waals surface area contributed by atoms with Crippen molar-refractivity contribution >= 4 is 17.8 Å². The number of carbonyl (C=O) groups is 3. The fourth-order valence-electron chi connectivity index (χ4n) is 4.17. The van der Waals surface area contributed by atoms with Gasteiger partial charge in [0.2, 0.25) is 0 Å². The number of nitrogens with zero attached hydrogens (tertiary/aromatic N) is 1. The van der Waals surface area contributed by atoms with Gasteiger partial charge in [0.25, 0.3) is 5.91 Å². The molecule has 1 aromatic rings. The van der Waals surface area contributed by atoms with Crippen LogP contribution in [0.1, 0.15) is 48.9 Å². The molecule has 1 amide bonds. The maximum Gasteiger partial charge on any atom is 0.328 e. The standard InChI is InChI=1S/C17H23FN2O.C4H4O4/c1-20-12-9-15(17(20)10-3-2-4-11-17)19-16(21)13-5-7-14(18)8-6-13;5-3(6)1-2-4(7)8/h5-8,15H,2-4,9-12H2,1H3,(H,19,21);1-2H,(H,5,6)(H,7,8)/b;2-1+. The highest BCUT2D eigenvalue weighted by Crippen LogP contribution is 2.40. The molecule has 1 unspecified atom stereocenters. The Balaban J connectivity index is 0.000000321. The Morgan fingerprint density at radius 1 is 1.07 bits per heavy atom. The van der Waals surface area contributed by atoms with Crippen molar-refractivity contribution in [3.05, 3.63) is 47.8 Å². The zero-order chi connectivity index (χ0) is 21.4. The summed E-state index contributed by atoms with van der Waals surface area (Å²) in [5, 5.41) is 18.8. The van der Waals surface area contributed by atoms with E-state index in [0.29, 0.717) is 17.7 Å². The molecule has 7 nitrogen and oxygen atoms in total. The maximum atomic E-state index is 13.0. The summed E-state index contributed by atoms with van der Waals surface area (Å²) in [6, 6.07) is 5.99. The molecule has 2 aliphatic rings. The summed E-state index contributed by atoms with van der Waals surface area (Å²) in [6.07, 6.45) is 8.23. The van der Waals surface area contributed by atoms with Gasteiger partial charge in [0.05, 0.1) is 0 Å². The van der Waals surface area contributed by atoms with Gasteiger partial charge in [0.1, 0.15) is 5.82 Å². The van der Waals surface area contributed by atoms with Crippen LogP contribution in [0, 0.1) is 5.82 Å². The third-order valence-corrected chi connectivity index (χ3v) is 5.66. The smallest absolute Gasteiger partial charge is 0.328 e. The van der Waals surface area contributed by atoms with Crippen molar-refractivity contribution in [2.45, 2.75) is 50.1 Å². The van der Waals surface area contributed by atoms with Crippen LogP contribution in [0.2, 0.25) is 0 Å². The minimum Gasteiger partial charge on any atom is -0.478 e. The van der Waals surface area contributed by atoms with E-state index >= 15 is 0 Å². The Labute approximate surface area is 169 Å². The molecule has 1 heterocycles. The van der Waals surface area contributed by atoms with Gasteiger partial charge < -0.3 is 15.5 Å². The summed E-state index contributed by atoms with van der Waals surface area (Å²) >= 11 is 0. The van der Waals surface area contributed by atoms with Crippen LogP contribution in [-0.4, -0.2) is 58.1 Å². The van der Waals surface area contributed by atoms with Gasteiger partial charge in [-0.2, -0.15) is 0 Å². The predicted molar refractivity (Wildman–Crippen MR) is 105 cm³/mol. The van der Waals surface area contributed by atoms with E-state index in [9.17, 15) is 18.8 Å². The van der Waals surface area contributed by atoms with Crippen molar-refractivity contribution in [2.24, 2.45) is 0 Å². The molecular formula is C21H27FN2O5. The zero-order valence-corrected chi connectivity index (χ0v) is 16.4. The number of hydrogen-bond donors (Lipinski definition) is 3. The number of likely N-dealkylation sites (N-methyl/N-ethyl adjacent to an activating group) is 1. The molecular weight excluding hydrogens is 379 g/mol. The Morgan fingerprint density at radius 2 is 1.62 bits per heavy atom. The lowest BCUT2D eigenvalue weighted by Crippen LogP contribution is -2.56. The van der Waals surface area contributed by atoms with Crippen LogP contribution in [0.25, 0.3) is 0 Å². The summed E-state index contributed by atoms with van der Waals surface area (Å²) in [4.78, 5) is 33.9. The molecule has 0 radical (unpaired) electrons. The highest BCUT2D eigenvalue weighted by molar-refractivity contribution is 5.94. The number of likely N-dealkylation sites (tertiary alicyclic amines) is 1. The Bertz CT molecular complexity index is 741. The number of halogens is 1. The van der Waals surface area contributed by atoms with Crippen molar-refractivity contribution in [3.63, 3.8) is 0 Å². The molecule has 1 atom stereocenters. The van der Waals surface area contributed by atoms with Crippen LogP contribution < -0.4 is 5.32 Å². The van der Waals surface area contributed by atoms with Gasteiger partial charge >= 0.3 is 11.9 Å². The molecule has 1 aliphatic heterocycles. The van der Waals surface area contributed by atoms with Crippen LogP contribution in [0.3, 0.4) is 0 Å². The lowest BCUT2D eigenvalue weighted by atomic mass is 9.77. The molecule has 0 aromatic heterocycles. The van der Waals surface area contributed by atoms with Crippen molar-refractivity contribution in [2.75, 3.05) is 13.6 Å². The second-order valence-corrected chi connectivity index (χ2v) is 7.42. The summed E-state index contributed by atoms with van der Waals surface area (Å²) in [6.45, 7) is 1.04. The first kappa shape index (κ1) is 22.5. The van der Waals surface area contributed by atoms with Crippen LogP contribution in [0.4, 0.5) is 4.39 Å². The summed E-state index contributed by atoms with van der Waals surface area (Å²) in [5.41, 5.74) is 0.672. The van der Waals surface area contributed by atoms with Crippen molar-refractivity contribution in [1.82, 2.24) is 10.2 Å². The number of carbonyl (C=O) groups excluding carboxylic acids is 1. The molecule has 3 rings (SSSR count). The number of carboxylic acid groups (broad SMARTS) is 2. The van der Waals surface area contributed by atoms with E-state index in [1.165, 1.54) is 31.4 Å². The molecule has 29 heavy (non-hydrogen) atoms. The lowest BCUT2D eigenvalue weighted by Gasteiger charge is -2.44. The Kier molecular flexibility index (Phi) is 7.90. The highest BCUT2D eigenvalue weighted by Gasteiger charge is 2.47. The maximum absolute atomic E-state index is 13.0. The third-order valence-electron chi connectivity index (χ3n) is 5.66. The molecule has 3 N–H and O–H groups in total. The van der Waals surface area contributed by atoms with Gasteiger partial charge in [-0.3, -0.25) is 9.69 Å².